The number of carbonyl (C=O) groups excluding carboxylic acids is 1. The zero-order valence-corrected chi connectivity index (χ0v) is 8.29. The fourth-order valence-corrected chi connectivity index (χ4v) is 1.15. The molecule has 0 heterocycles. The molecule has 0 bridgehead atoms. The van der Waals surface area contributed by atoms with Crippen LogP contribution in [0, 0.1) is 18.2 Å². The van der Waals surface area contributed by atoms with Gasteiger partial charge in [-0.3, -0.25) is 4.79 Å². The molecule has 0 aliphatic heterocycles. The van der Waals surface area contributed by atoms with Gasteiger partial charge >= 0.3 is 0 Å². The lowest BCUT2D eigenvalue weighted by Gasteiger charge is -2.01. The van der Waals surface area contributed by atoms with Crippen LogP contribution < -0.4 is 5.32 Å². The van der Waals surface area contributed by atoms with Crippen LogP contribution in [0.3, 0.4) is 0 Å². The van der Waals surface area contributed by atoms with Crippen molar-refractivity contribution >= 4 is 5.91 Å². The summed E-state index contributed by atoms with van der Waals surface area (Å²) in [7, 11) is 0. The minimum atomic E-state index is -0.268. The van der Waals surface area contributed by atoms with E-state index in [0.717, 1.165) is 5.56 Å². The highest BCUT2D eigenvalue weighted by Gasteiger charge is 2.00. The van der Waals surface area contributed by atoms with Crippen LogP contribution in [0.15, 0.2) is 24.3 Å². The largest absolute Gasteiger partial charge is 0.345 e. The van der Waals surface area contributed by atoms with Crippen molar-refractivity contribution < 1.29 is 9.18 Å². The molecule has 0 fully saturated rings. The Morgan fingerprint density at radius 1 is 1.40 bits per heavy atom. The van der Waals surface area contributed by atoms with Crippen LogP contribution in [0.1, 0.15) is 12.0 Å². The standard InChI is InChI=1S/C12H12FNO/c1-2-9-14-12(15)8-5-10-3-6-11(13)7-4-10/h1,3-4,6-7H,5,8-9H2,(H,14,15). The molecular weight excluding hydrogens is 193 g/mol. The van der Waals surface area contributed by atoms with Gasteiger partial charge in [-0.1, -0.05) is 18.1 Å². The zero-order chi connectivity index (χ0) is 11.1. The van der Waals surface area contributed by atoms with Crippen molar-refractivity contribution in [3.63, 3.8) is 0 Å². The summed E-state index contributed by atoms with van der Waals surface area (Å²) in [5.74, 6) is 1.97. The number of benzene rings is 1. The maximum absolute atomic E-state index is 12.6. The molecule has 0 aliphatic carbocycles. The molecule has 1 rings (SSSR count). The quantitative estimate of drug-likeness (QED) is 0.742. The average Bonchev–Trinajstić information content (AvgIpc) is 2.25. The van der Waals surface area contributed by atoms with Gasteiger partial charge in [0.05, 0.1) is 6.54 Å². The van der Waals surface area contributed by atoms with Crippen LogP contribution in [-0.2, 0) is 11.2 Å². The first-order chi connectivity index (χ1) is 7.22. The molecule has 15 heavy (non-hydrogen) atoms. The van der Waals surface area contributed by atoms with Crippen molar-refractivity contribution in [3.8, 4) is 12.3 Å². The number of nitrogens with one attached hydrogen (secondary N) is 1. The maximum Gasteiger partial charge on any atom is 0.221 e. The van der Waals surface area contributed by atoms with Gasteiger partial charge in [-0.05, 0) is 24.1 Å². The number of hydrogen-bond donors (Lipinski definition) is 1. The van der Waals surface area contributed by atoms with Crippen LogP contribution in [0.4, 0.5) is 4.39 Å². The molecule has 0 spiro atoms. The van der Waals surface area contributed by atoms with Gasteiger partial charge < -0.3 is 5.32 Å². The van der Waals surface area contributed by atoms with Crippen LogP contribution >= 0.6 is 0 Å². The van der Waals surface area contributed by atoms with Crippen LogP contribution in [0.25, 0.3) is 0 Å². The molecule has 2 nitrogen and oxygen atoms in total. The van der Waals surface area contributed by atoms with Crippen LogP contribution in [0.2, 0.25) is 0 Å². The normalized spacial score (nSPS) is 9.33. The van der Waals surface area contributed by atoms with E-state index in [1.54, 1.807) is 12.1 Å². The van der Waals surface area contributed by atoms with Gasteiger partial charge in [-0.25, -0.2) is 4.39 Å². The van der Waals surface area contributed by atoms with E-state index in [0.29, 0.717) is 12.8 Å². The van der Waals surface area contributed by atoms with Crippen molar-refractivity contribution in [2.75, 3.05) is 6.54 Å². The lowest BCUT2D eigenvalue weighted by Crippen LogP contribution is -2.23. The molecule has 0 atom stereocenters. The van der Waals surface area contributed by atoms with Crippen molar-refractivity contribution in [3.05, 3.63) is 35.6 Å². The van der Waals surface area contributed by atoms with Crippen molar-refractivity contribution in [1.29, 1.82) is 0 Å². The summed E-state index contributed by atoms with van der Waals surface area (Å²) >= 11 is 0. The number of hydrogen-bond acceptors (Lipinski definition) is 1. The average molecular weight is 205 g/mol. The SMILES string of the molecule is C#CCNC(=O)CCc1ccc(F)cc1. The summed E-state index contributed by atoms with van der Waals surface area (Å²) in [5.41, 5.74) is 0.937. The Morgan fingerprint density at radius 3 is 2.67 bits per heavy atom. The molecule has 0 radical (unpaired) electrons. The Labute approximate surface area is 88.5 Å². The summed E-state index contributed by atoms with van der Waals surface area (Å²) < 4.78 is 12.6. The summed E-state index contributed by atoms with van der Waals surface area (Å²) in [6, 6.07) is 6.11. The predicted molar refractivity (Wildman–Crippen MR) is 56.6 cm³/mol. The molecule has 0 unspecified atom stereocenters. The number of amides is 1. The third kappa shape index (κ3) is 4.28. The van der Waals surface area contributed by atoms with Crippen molar-refractivity contribution in [2.24, 2.45) is 0 Å². The molecule has 0 saturated heterocycles. The minimum absolute atomic E-state index is 0.0859. The molecule has 1 aromatic rings. The Balaban J connectivity index is 2.34. The summed E-state index contributed by atoms with van der Waals surface area (Å²) in [6.07, 6.45) is 5.96. The van der Waals surface area contributed by atoms with Gasteiger partial charge in [-0.2, -0.15) is 0 Å². The number of terminal acetylenes is 1. The van der Waals surface area contributed by atoms with E-state index in [2.05, 4.69) is 11.2 Å². The van der Waals surface area contributed by atoms with Crippen molar-refractivity contribution in [2.45, 2.75) is 12.8 Å². The fraction of sp³-hybridized carbons (Fsp3) is 0.250. The van der Waals surface area contributed by atoms with E-state index < -0.39 is 0 Å². The van der Waals surface area contributed by atoms with E-state index in [4.69, 9.17) is 6.42 Å². The first-order valence-electron chi connectivity index (χ1n) is 4.67. The van der Waals surface area contributed by atoms with Gasteiger partial charge in [0.1, 0.15) is 5.82 Å². The highest BCUT2D eigenvalue weighted by molar-refractivity contribution is 5.76. The lowest BCUT2D eigenvalue weighted by atomic mass is 10.1. The molecule has 1 amide bonds. The number of halogens is 1. The smallest absolute Gasteiger partial charge is 0.221 e. The van der Waals surface area contributed by atoms with Crippen LogP contribution in [-0.4, -0.2) is 12.5 Å². The second-order valence-electron chi connectivity index (χ2n) is 3.11. The van der Waals surface area contributed by atoms with E-state index in [1.165, 1.54) is 12.1 Å². The summed E-state index contributed by atoms with van der Waals surface area (Å²) in [4.78, 5) is 11.2. The second kappa shape index (κ2) is 5.82. The molecule has 3 heteroatoms. The minimum Gasteiger partial charge on any atom is -0.345 e. The molecule has 78 valence electrons. The first-order valence-corrected chi connectivity index (χ1v) is 4.67. The molecule has 0 aromatic heterocycles. The Hall–Kier alpha value is -1.82. The topological polar surface area (TPSA) is 29.1 Å². The van der Waals surface area contributed by atoms with E-state index in [-0.39, 0.29) is 18.3 Å². The van der Waals surface area contributed by atoms with E-state index in [9.17, 15) is 9.18 Å². The summed E-state index contributed by atoms with van der Waals surface area (Å²) in [5, 5.41) is 2.56. The highest BCUT2D eigenvalue weighted by atomic mass is 19.1. The Bertz CT molecular complexity index is 364. The molecular formula is C12H12FNO. The maximum atomic E-state index is 12.6. The first kappa shape index (κ1) is 11.3. The number of carbonyl (C=O) groups is 1. The lowest BCUT2D eigenvalue weighted by molar-refractivity contribution is -0.120. The predicted octanol–water partition coefficient (Wildman–Crippen LogP) is 1.51. The third-order valence-electron chi connectivity index (χ3n) is 1.94. The Morgan fingerprint density at radius 2 is 2.07 bits per heavy atom. The van der Waals surface area contributed by atoms with Gasteiger partial charge in [0.25, 0.3) is 0 Å². The second-order valence-corrected chi connectivity index (χ2v) is 3.11. The van der Waals surface area contributed by atoms with Gasteiger partial charge in [0.15, 0.2) is 0 Å². The van der Waals surface area contributed by atoms with Crippen LogP contribution in [0.5, 0.6) is 0 Å². The molecule has 0 aliphatic rings. The Kier molecular flexibility index (Phi) is 4.36. The van der Waals surface area contributed by atoms with E-state index in [1.807, 2.05) is 0 Å². The molecule has 1 aromatic carbocycles. The monoisotopic (exact) mass is 205 g/mol. The summed E-state index contributed by atoms with van der Waals surface area (Å²) in [6.45, 7) is 0.252. The number of aryl methyl sites for hydroxylation is 1. The zero-order valence-electron chi connectivity index (χ0n) is 8.29. The molecule has 1 N–H and O–H groups in total. The highest BCUT2D eigenvalue weighted by Crippen LogP contribution is 2.05. The van der Waals surface area contributed by atoms with E-state index >= 15 is 0 Å². The van der Waals surface area contributed by atoms with Crippen molar-refractivity contribution in [1.82, 2.24) is 5.32 Å². The molecule has 0 saturated carbocycles. The fourth-order valence-electron chi connectivity index (χ4n) is 1.15. The number of rotatable bonds is 4. The van der Waals surface area contributed by atoms with Gasteiger partial charge in [0.2, 0.25) is 5.91 Å². The third-order valence-corrected chi connectivity index (χ3v) is 1.94. The van der Waals surface area contributed by atoms with Gasteiger partial charge in [-0.15, -0.1) is 6.42 Å². The van der Waals surface area contributed by atoms with Gasteiger partial charge in [0, 0.05) is 6.42 Å².